The minimum Gasteiger partial charge on any atom is -0.478 e. The molecule has 2 N–H and O–H groups in total. The maximum Gasteiger partial charge on any atom is 0.335 e. The molecule has 1 aliphatic rings. The average Bonchev–Trinajstić information content (AvgIpc) is 2.52. The van der Waals surface area contributed by atoms with Crippen molar-refractivity contribution in [2.45, 2.75) is 38.2 Å². The summed E-state index contributed by atoms with van der Waals surface area (Å²) in [5.74, 6) is -1.31. The Hall–Kier alpha value is -1.88. The fourth-order valence-electron chi connectivity index (χ4n) is 2.52. The minimum absolute atomic E-state index is 0.112. The molecule has 5 nitrogen and oxygen atoms in total. The van der Waals surface area contributed by atoms with Crippen LogP contribution in [-0.2, 0) is 4.74 Å². The first-order chi connectivity index (χ1) is 10.2. The molecule has 1 aliphatic carbocycles. The first-order valence-corrected chi connectivity index (χ1v) is 7.40. The van der Waals surface area contributed by atoms with E-state index in [-0.39, 0.29) is 11.5 Å². The summed E-state index contributed by atoms with van der Waals surface area (Å²) < 4.78 is 5.72. The van der Waals surface area contributed by atoms with Crippen molar-refractivity contribution in [2.75, 3.05) is 13.2 Å². The average molecular weight is 291 g/mol. The van der Waals surface area contributed by atoms with Gasteiger partial charge in [0, 0.05) is 12.1 Å². The third-order valence-corrected chi connectivity index (χ3v) is 3.67. The Morgan fingerprint density at radius 1 is 1.19 bits per heavy atom. The lowest BCUT2D eigenvalue weighted by Gasteiger charge is -2.22. The molecule has 1 fully saturated rings. The Morgan fingerprint density at radius 2 is 1.90 bits per heavy atom. The number of benzene rings is 1. The Balaban J connectivity index is 1.74. The van der Waals surface area contributed by atoms with Crippen LogP contribution in [0, 0.1) is 0 Å². The van der Waals surface area contributed by atoms with Crippen LogP contribution in [0.4, 0.5) is 0 Å². The zero-order valence-electron chi connectivity index (χ0n) is 12.0. The van der Waals surface area contributed by atoms with Gasteiger partial charge in [-0.2, -0.15) is 0 Å². The van der Waals surface area contributed by atoms with Gasteiger partial charge in [0.2, 0.25) is 0 Å². The third-order valence-electron chi connectivity index (χ3n) is 3.67. The standard InChI is InChI=1S/C16H21NO4/c18-15(12-5-4-6-13(11-12)16(19)20)17-9-10-21-14-7-2-1-3-8-14/h4-6,11,14H,1-3,7-10H2,(H,17,18)(H,19,20). The minimum atomic E-state index is -1.04. The van der Waals surface area contributed by atoms with E-state index in [9.17, 15) is 9.59 Å². The van der Waals surface area contributed by atoms with Crippen molar-refractivity contribution >= 4 is 11.9 Å². The van der Waals surface area contributed by atoms with Crippen molar-refractivity contribution in [3.63, 3.8) is 0 Å². The fraction of sp³-hybridized carbons (Fsp3) is 0.500. The zero-order valence-corrected chi connectivity index (χ0v) is 12.0. The van der Waals surface area contributed by atoms with Gasteiger partial charge in [0.15, 0.2) is 0 Å². The van der Waals surface area contributed by atoms with Gasteiger partial charge in [-0.15, -0.1) is 0 Å². The highest BCUT2D eigenvalue weighted by molar-refractivity contribution is 5.97. The topological polar surface area (TPSA) is 75.6 Å². The number of carboxylic acid groups (broad SMARTS) is 1. The molecule has 1 aromatic carbocycles. The van der Waals surface area contributed by atoms with E-state index in [1.807, 2.05) is 0 Å². The highest BCUT2D eigenvalue weighted by atomic mass is 16.5. The monoisotopic (exact) mass is 291 g/mol. The molecule has 5 heteroatoms. The van der Waals surface area contributed by atoms with Crippen LogP contribution in [0.1, 0.15) is 52.8 Å². The van der Waals surface area contributed by atoms with Crippen LogP contribution < -0.4 is 5.32 Å². The van der Waals surface area contributed by atoms with Gasteiger partial charge < -0.3 is 15.2 Å². The van der Waals surface area contributed by atoms with Crippen molar-refractivity contribution in [1.82, 2.24) is 5.32 Å². The van der Waals surface area contributed by atoms with Gasteiger partial charge in [-0.05, 0) is 31.0 Å². The number of nitrogens with one attached hydrogen (secondary N) is 1. The fourth-order valence-corrected chi connectivity index (χ4v) is 2.52. The quantitative estimate of drug-likeness (QED) is 0.789. The summed E-state index contributed by atoms with van der Waals surface area (Å²) in [6.07, 6.45) is 6.27. The summed E-state index contributed by atoms with van der Waals surface area (Å²) in [5, 5.41) is 11.6. The van der Waals surface area contributed by atoms with Gasteiger partial charge >= 0.3 is 5.97 Å². The number of ether oxygens (including phenoxy) is 1. The van der Waals surface area contributed by atoms with Crippen molar-refractivity contribution < 1.29 is 19.4 Å². The van der Waals surface area contributed by atoms with E-state index < -0.39 is 5.97 Å². The molecule has 1 saturated carbocycles. The molecule has 0 atom stereocenters. The van der Waals surface area contributed by atoms with E-state index in [4.69, 9.17) is 9.84 Å². The second-order valence-electron chi connectivity index (χ2n) is 5.27. The second-order valence-corrected chi connectivity index (χ2v) is 5.27. The molecule has 1 aromatic rings. The van der Waals surface area contributed by atoms with E-state index in [1.54, 1.807) is 12.1 Å². The van der Waals surface area contributed by atoms with E-state index >= 15 is 0 Å². The van der Waals surface area contributed by atoms with Crippen LogP contribution in [0.2, 0.25) is 0 Å². The molecule has 114 valence electrons. The molecule has 0 unspecified atom stereocenters. The Kier molecular flexibility index (Phi) is 5.75. The lowest BCUT2D eigenvalue weighted by molar-refractivity contribution is 0.0299. The SMILES string of the molecule is O=C(O)c1cccc(C(=O)NCCOC2CCCCC2)c1. The molecule has 0 saturated heterocycles. The molecule has 0 radical (unpaired) electrons. The molecule has 0 spiro atoms. The molecular formula is C16H21NO4. The van der Waals surface area contributed by atoms with E-state index in [0.717, 1.165) is 12.8 Å². The molecule has 2 rings (SSSR count). The Labute approximate surface area is 124 Å². The second kappa shape index (κ2) is 7.78. The van der Waals surface area contributed by atoms with Gasteiger partial charge in [-0.25, -0.2) is 4.79 Å². The summed E-state index contributed by atoms with van der Waals surface area (Å²) in [6.45, 7) is 0.932. The molecule has 1 amide bonds. The van der Waals surface area contributed by atoms with Crippen LogP contribution in [0.15, 0.2) is 24.3 Å². The number of amides is 1. The van der Waals surface area contributed by atoms with E-state index in [2.05, 4.69) is 5.32 Å². The summed E-state index contributed by atoms with van der Waals surface area (Å²) in [4.78, 5) is 22.8. The molecule has 0 aromatic heterocycles. The maximum atomic E-state index is 11.9. The summed E-state index contributed by atoms with van der Waals surface area (Å²) in [7, 11) is 0. The molecular weight excluding hydrogens is 270 g/mol. The van der Waals surface area contributed by atoms with Gasteiger partial charge in [0.25, 0.3) is 5.91 Å². The largest absolute Gasteiger partial charge is 0.478 e. The molecule has 0 aliphatic heterocycles. The van der Waals surface area contributed by atoms with Crippen LogP contribution >= 0.6 is 0 Å². The first kappa shape index (κ1) is 15.5. The summed E-state index contributed by atoms with van der Waals surface area (Å²) in [5.41, 5.74) is 0.466. The number of aromatic carboxylic acids is 1. The van der Waals surface area contributed by atoms with Gasteiger partial charge in [0.05, 0.1) is 18.3 Å². The van der Waals surface area contributed by atoms with Crippen LogP contribution in [0.3, 0.4) is 0 Å². The number of carbonyl (C=O) groups excluding carboxylic acids is 1. The van der Waals surface area contributed by atoms with Gasteiger partial charge in [-0.1, -0.05) is 25.3 Å². The Bertz CT molecular complexity index is 495. The molecule has 0 bridgehead atoms. The number of rotatable bonds is 6. The lowest BCUT2D eigenvalue weighted by atomic mass is 9.98. The first-order valence-electron chi connectivity index (χ1n) is 7.40. The van der Waals surface area contributed by atoms with Crippen molar-refractivity contribution in [3.8, 4) is 0 Å². The summed E-state index contributed by atoms with van der Waals surface area (Å²) >= 11 is 0. The number of carboxylic acids is 1. The van der Waals surface area contributed by atoms with Crippen LogP contribution in [0.25, 0.3) is 0 Å². The highest BCUT2D eigenvalue weighted by Gasteiger charge is 2.13. The lowest BCUT2D eigenvalue weighted by Crippen LogP contribution is -2.29. The predicted molar refractivity (Wildman–Crippen MR) is 78.6 cm³/mol. The Morgan fingerprint density at radius 3 is 2.62 bits per heavy atom. The highest BCUT2D eigenvalue weighted by Crippen LogP contribution is 2.19. The van der Waals surface area contributed by atoms with Crippen molar-refractivity contribution in [3.05, 3.63) is 35.4 Å². The smallest absolute Gasteiger partial charge is 0.335 e. The summed E-state index contributed by atoms with van der Waals surface area (Å²) in [6, 6.07) is 6.01. The van der Waals surface area contributed by atoms with Crippen molar-refractivity contribution in [1.29, 1.82) is 0 Å². The number of carbonyl (C=O) groups is 2. The van der Waals surface area contributed by atoms with Crippen LogP contribution in [0.5, 0.6) is 0 Å². The van der Waals surface area contributed by atoms with Gasteiger partial charge in [0.1, 0.15) is 0 Å². The van der Waals surface area contributed by atoms with E-state index in [1.165, 1.54) is 31.4 Å². The molecule has 0 heterocycles. The zero-order chi connectivity index (χ0) is 15.1. The maximum absolute atomic E-state index is 11.9. The number of hydrogen-bond donors (Lipinski definition) is 2. The number of hydrogen-bond acceptors (Lipinski definition) is 3. The van der Waals surface area contributed by atoms with Crippen molar-refractivity contribution in [2.24, 2.45) is 0 Å². The van der Waals surface area contributed by atoms with Crippen LogP contribution in [-0.4, -0.2) is 36.2 Å². The third kappa shape index (κ3) is 4.86. The van der Waals surface area contributed by atoms with E-state index in [0.29, 0.717) is 24.8 Å². The molecule has 21 heavy (non-hydrogen) atoms. The van der Waals surface area contributed by atoms with Gasteiger partial charge in [-0.3, -0.25) is 4.79 Å². The normalized spacial score (nSPS) is 15.6. The predicted octanol–water partition coefficient (Wildman–Crippen LogP) is 2.46.